The van der Waals surface area contributed by atoms with Crippen molar-refractivity contribution >= 4 is 16.0 Å². The maximum absolute atomic E-state index is 12.8. The highest BCUT2D eigenvalue weighted by Crippen LogP contribution is 2.25. The zero-order chi connectivity index (χ0) is 21.7. The molecule has 10 heteroatoms. The van der Waals surface area contributed by atoms with E-state index in [0.29, 0.717) is 34.4 Å². The van der Waals surface area contributed by atoms with Crippen molar-refractivity contribution in [3.63, 3.8) is 0 Å². The molecule has 0 amide bonds. The fourth-order valence-corrected chi connectivity index (χ4v) is 3.61. The van der Waals surface area contributed by atoms with Gasteiger partial charge in [-0.2, -0.15) is 4.31 Å². The number of anilines is 1. The average molecular weight is 432 g/mol. The first kappa shape index (κ1) is 21.7. The minimum Gasteiger partial charge on any atom is -0.492 e. The van der Waals surface area contributed by atoms with Crippen LogP contribution in [0.2, 0.25) is 0 Å². The average Bonchev–Trinajstić information content (AvgIpc) is 3.14. The van der Waals surface area contributed by atoms with Gasteiger partial charge in [-0.3, -0.25) is 0 Å². The molecule has 0 fully saturated rings. The van der Waals surface area contributed by atoms with Crippen molar-refractivity contribution in [2.45, 2.75) is 13.5 Å². The molecule has 1 aromatic carbocycles. The van der Waals surface area contributed by atoms with Crippen LogP contribution < -0.4 is 9.64 Å². The van der Waals surface area contributed by atoms with E-state index in [2.05, 4.69) is 15.1 Å². The molecule has 160 valence electrons. The smallest absolute Gasteiger partial charge is 0.225 e. The van der Waals surface area contributed by atoms with Gasteiger partial charge < -0.3 is 14.2 Å². The van der Waals surface area contributed by atoms with E-state index in [4.69, 9.17) is 9.26 Å². The monoisotopic (exact) mass is 431 g/mol. The molecule has 0 saturated heterocycles. The summed E-state index contributed by atoms with van der Waals surface area (Å²) in [6, 6.07) is 10.9. The first-order valence-electron chi connectivity index (χ1n) is 9.35. The Bertz CT molecular complexity index is 1080. The van der Waals surface area contributed by atoms with E-state index >= 15 is 0 Å². The van der Waals surface area contributed by atoms with Crippen LogP contribution in [0.4, 0.5) is 5.95 Å². The number of aromatic nitrogens is 3. The molecule has 0 aliphatic rings. The van der Waals surface area contributed by atoms with Crippen molar-refractivity contribution in [1.29, 1.82) is 0 Å². The van der Waals surface area contributed by atoms with Crippen molar-refractivity contribution < 1.29 is 17.7 Å². The fourth-order valence-electron chi connectivity index (χ4n) is 2.69. The van der Waals surface area contributed by atoms with Crippen LogP contribution in [0.25, 0.3) is 11.3 Å². The van der Waals surface area contributed by atoms with E-state index in [1.165, 1.54) is 11.4 Å². The number of sulfonamides is 1. The molecule has 9 nitrogen and oxygen atoms in total. The number of hydrogen-bond donors (Lipinski definition) is 0. The van der Waals surface area contributed by atoms with E-state index in [9.17, 15) is 8.42 Å². The molecule has 0 spiro atoms. The van der Waals surface area contributed by atoms with Gasteiger partial charge in [-0.05, 0) is 19.1 Å². The van der Waals surface area contributed by atoms with Gasteiger partial charge in [0.25, 0.3) is 0 Å². The third kappa shape index (κ3) is 5.33. The second kappa shape index (κ2) is 9.23. The van der Waals surface area contributed by atoms with Gasteiger partial charge in [0.15, 0.2) is 5.76 Å². The summed E-state index contributed by atoms with van der Waals surface area (Å²) in [6.07, 6.45) is 1.62. The third-order valence-electron chi connectivity index (χ3n) is 4.35. The van der Waals surface area contributed by atoms with Crippen LogP contribution >= 0.6 is 0 Å². The molecule has 0 N–H and O–H groups in total. The number of hydrogen-bond acceptors (Lipinski definition) is 8. The highest BCUT2D eigenvalue weighted by atomic mass is 32.2. The van der Waals surface area contributed by atoms with Crippen molar-refractivity contribution in [3.8, 4) is 17.1 Å². The Morgan fingerprint density at radius 3 is 2.50 bits per heavy atom. The van der Waals surface area contributed by atoms with E-state index < -0.39 is 10.0 Å². The molecular formula is C20H25N5O4S. The lowest BCUT2D eigenvalue weighted by molar-refractivity contribution is 0.336. The molecule has 0 bridgehead atoms. The maximum atomic E-state index is 12.8. The predicted octanol–water partition coefficient (Wildman–Crippen LogP) is 2.35. The fraction of sp³-hybridized carbons (Fsp3) is 0.350. The first-order valence-corrected chi connectivity index (χ1v) is 11.0. The maximum Gasteiger partial charge on any atom is 0.225 e. The topological polar surface area (TPSA) is 102 Å². The van der Waals surface area contributed by atoms with Crippen LogP contribution in [-0.4, -0.2) is 61.4 Å². The molecule has 0 unspecified atom stereocenters. The minimum absolute atomic E-state index is 0.0531. The lowest BCUT2D eigenvalue weighted by atomic mass is 10.1. The standard InChI is InChI=1S/C20H25N5O4S/c1-15-12-19(29-23-15)17-13-21-20(24(2)3)22-18(17)14-25(4)30(26,27)11-10-28-16-8-6-5-7-9-16/h5-9,12-13H,10-11,14H2,1-4H3. The zero-order valence-corrected chi connectivity index (χ0v) is 18.3. The quantitative estimate of drug-likeness (QED) is 0.509. The Morgan fingerprint density at radius 1 is 1.13 bits per heavy atom. The molecule has 0 aliphatic carbocycles. The molecule has 3 aromatic rings. The molecule has 0 atom stereocenters. The van der Waals surface area contributed by atoms with Crippen LogP contribution in [0, 0.1) is 6.92 Å². The summed E-state index contributed by atoms with van der Waals surface area (Å²) in [5.74, 6) is 1.44. The van der Waals surface area contributed by atoms with Crippen molar-refractivity contribution in [3.05, 3.63) is 54.0 Å². The van der Waals surface area contributed by atoms with Crippen molar-refractivity contribution in [2.75, 3.05) is 38.4 Å². The van der Waals surface area contributed by atoms with Gasteiger partial charge in [0.2, 0.25) is 16.0 Å². The second-order valence-electron chi connectivity index (χ2n) is 6.99. The SMILES string of the molecule is Cc1cc(-c2cnc(N(C)C)nc2CN(C)S(=O)(=O)CCOc2ccccc2)on1. The minimum atomic E-state index is -3.57. The molecule has 30 heavy (non-hydrogen) atoms. The zero-order valence-electron chi connectivity index (χ0n) is 17.4. The van der Waals surface area contributed by atoms with Crippen LogP contribution in [0.15, 0.2) is 47.1 Å². The van der Waals surface area contributed by atoms with Crippen molar-refractivity contribution in [2.24, 2.45) is 0 Å². The van der Waals surface area contributed by atoms with Gasteiger partial charge in [0.05, 0.1) is 29.2 Å². The number of ether oxygens (including phenoxy) is 1. The largest absolute Gasteiger partial charge is 0.492 e. The number of aryl methyl sites for hydroxylation is 1. The van der Waals surface area contributed by atoms with Gasteiger partial charge in [0, 0.05) is 33.4 Å². The predicted molar refractivity (Wildman–Crippen MR) is 114 cm³/mol. The third-order valence-corrected chi connectivity index (χ3v) is 6.11. The summed E-state index contributed by atoms with van der Waals surface area (Å²) < 4.78 is 37.6. The van der Waals surface area contributed by atoms with Gasteiger partial charge in [-0.1, -0.05) is 23.4 Å². The number of benzene rings is 1. The summed E-state index contributed by atoms with van der Waals surface area (Å²) in [5, 5.41) is 3.90. The van der Waals surface area contributed by atoms with Gasteiger partial charge >= 0.3 is 0 Å². The van der Waals surface area contributed by atoms with Crippen LogP contribution in [-0.2, 0) is 16.6 Å². The van der Waals surface area contributed by atoms with Crippen LogP contribution in [0.1, 0.15) is 11.4 Å². The van der Waals surface area contributed by atoms with Gasteiger partial charge in [-0.15, -0.1) is 0 Å². The van der Waals surface area contributed by atoms with E-state index in [0.717, 1.165) is 0 Å². The van der Waals surface area contributed by atoms with Crippen molar-refractivity contribution in [1.82, 2.24) is 19.4 Å². The van der Waals surface area contributed by atoms with Crippen LogP contribution in [0.3, 0.4) is 0 Å². The van der Waals surface area contributed by atoms with E-state index in [1.807, 2.05) is 39.2 Å². The summed E-state index contributed by atoms with van der Waals surface area (Å²) in [7, 11) is 1.59. The summed E-state index contributed by atoms with van der Waals surface area (Å²) in [5.41, 5.74) is 1.84. The van der Waals surface area contributed by atoms with E-state index in [-0.39, 0.29) is 18.9 Å². The Labute approximate surface area is 176 Å². The number of nitrogens with zero attached hydrogens (tertiary/aromatic N) is 5. The highest BCUT2D eigenvalue weighted by molar-refractivity contribution is 7.89. The molecular weight excluding hydrogens is 406 g/mol. The van der Waals surface area contributed by atoms with Gasteiger partial charge in [0.1, 0.15) is 12.4 Å². The lowest BCUT2D eigenvalue weighted by Gasteiger charge is -2.19. The van der Waals surface area contributed by atoms with Gasteiger partial charge in [-0.25, -0.2) is 18.4 Å². The molecule has 0 radical (unpaired) electrons. The normalized spacial score (nSPS) is 11.6. The highest BCUT2D eigenvalue weighted by Gasteiger charge is 2.22. The molecule has 0 saturated carbocycles. The molecule has 2 aromatic heterocycles. The Morgan fingerprint density at radius 2 is 1.87 bits per heavy atom. The summed E-state index contributed by atoms with van der Waals surface area (Å²) in [4.78, 5) is 10.6. The second-order valence-corrected chi connectivity index (χ2v) is 9.19. The summed E-state index contributed by atoms with van der Waals surface area (Å²) in [6.45, 7) is 1.93. The molecule has 2 heterocycles. The first-order chi connectivity index (χ1) is 14.3. The molecule has 0 aliphatic heterocycles. The lowest BCUT2D eigenvalue weighted by Crippen LogP contribution is -2.31. The Balaban J connectivity index is 1.76. The Kier molecular flexibility index (Phi) is 6.68. The van der Waals surface area contributed by atoms with Crippen LogP contribution in [0.5, 0.6) is 5.75 Å². The molecule has 3 rings (SSSR count). The Hall–Kier alpha value is -2.98. The number of para-hydroxylation sites is 1. The van der Waals surface area contributed by atoms with E-state index in [1.54, 1.807) is 29.3 Å². The summed E-state index contributed by atoms with van der Waals surface area (Å²) >= 11 is 0. The number of rotatable bonds is 9.